The van der Waals surface area contributed by atoms with Gasteiger partial charge in [0.2, 0.25) is 0 Å². The van der Waals surface area contributed by atoms with Gasteiger partial charge in [-0.1, -0.05) is 36.4 Å². The molecule has 0 aliphatic carbocycles. The average molecular weight is 321 g/mol. The third kappa shape index (κ3) is 4.16. The number of aromatic nitrogens is 1. The van der Waals surface area contributed by atoms with E-state index in [0.717, 1.165) is 5.56 Å². The number of hydrogen-bond acceptors (Lipinski definition) is 3. The van der Waals surface area contributed by atoms with E-state index in [1.54, 1.807) is 24.4 Å². The van der Waals surface area contributed by atoms with E-state index in [-0.39, 0.29) is 11.5 Å². The molecule has 0 fully saturated rings. The first-order valence-electron chi connectivity index (χ1n) is 7.51. The molecule has 1 amide bonds. The van der Waals surface area contributed by atoms with E-state index in [1.807, 2.05) is 30.3 Å². The lowest BCUT2D eigenvalue weighted by molar-refractivity contribution is 0.102. The Bertz CT molecular complexity index is 820. The van der Waals surface area contributed by atoms with E-state index in [4.69, 9.17) is 0 Å². The molecule has 1 aromatic heterocycles. The zero-order valence-electron chi connectivity index (χ0n) is 12.9. The van der Waals surface area contributed by atoms with Crippen molar-refractivity contribution in [2.45, 2.75) is 6.54 Å². The second-order valence-corrected chi connectivity index (χ2v) is 5.24. The lowest BCUT2D eigenvalue weighted by Crippen LogP contribution is -2.12. The van der Waals surface area contributed by atoms with Gasteiger partial charge in [-0.15, -0.1) is 0 Å². The van der Waals surface area contributed by atoms with E-state index >= 15 is 0 Å². The second kappa shape index (κ2) is 7.37. The lowest BCUT2D eigenvalue weighted by atomic mass is 10.2. The molecule has 3 aromatic rings. The summed E-state index contributed by atoms with van der Waals surface area (Å²) in [5.74, 6) is -0.106. The number of amides is 1. The van der Waals surface area contributed by atoms with Gasteiger partial charge in [0.15, 0.2) is 0 Å². The molecule has 0 radical (unpaired) electrons. The molecule has 0 atom stereocenters. The van der Waals surface area contributed by atoms with Crippen LogP contribution in [-0.4, -0.2) is 10.9 Å². The number of nitrogens with zero attached hydrogens (tertiary/aromatic N) is 1. The van der Waals surface area contributed by atoms with Crippen LogP contribution in [0.15, 0.2) is 72.9 Å². The van der Waals surface area contributed by atoms with Crippen LogP contribution in [0, 0.1) is 5.82 Å². The minimum Gasteiger partial charge on any atom is -0.366 e. The van der Waals surface area contributed by atoms with Crippen molar-refractivity contribution in [2.24, 2.45) is 0 Å². The van der Waals surface area contributed by atoms with Gasteiger partial charge in [-0.25, -0.2) is 9.37 Å². The first-order chi connectivity index (χ1) is 11.7. The number of halogens is 1. The minimum absolute atomic E-state index is 0.265. The second-order valence-electron chi connectivity index (χ2n) is 5.24. The maximum Gasteiger partial charge on any atom is 0.255 e. The highest BCUT2D eigenvalue weighted by Crippen LogP contribution is 2.13. The molecule has 0 unspecified atom stereocenters. The molecule has 0 spiro atoms. The Morgan fingerprint density at radius 1 is 1.00 bits per heavy atom. The number of carbonyl (C=O) groups is 1. The molecule has 24 heavy (non-hydrogen) atoms. The summed E-state index contributed by atoms with van der Waals surface area (Å²) < 4.78 is 13.1. The summed E-state index contributed by atoms with van der Waals surface area (Å²) in [6, 6.07) is 19.1. The van der Waals surface area contributed by atoms with Crippen molar-refractivity contribution in [3.8, 4) is 0 Å². The van der Waals surface area contributed by atoms with Crippen LogP contribution < -0.4 is 10.6 Å². The Hall–Kier alpha value is -3.21. The highest BCUT2D eigenvalue weighted by molar-refractivity contribution is 6.04. The number of benzene rings is 2. The molecular formula is C19H16FN3O. The molecule has 0 saturated carbocycles. The number of anilines is 2. The van der Waals surface area contributed by atoms with E-state index in [9.17, 15) is 9.18 Å². The Balaban J connectivity index is 1.59. The smallest absolute Gasteiger partial charge is 0.255 e. The van der Waals surface area contributed by atoms with Crippen LogP contribution in [-0.2, 0) is 6.54 Å². The third-order valence-electron chi connectivity index (χ3n) is 3.42. The van der Waals surface area contributed by atoms with Gasteiger partial charge >= 0.3 is 0 Å². The van der Waals surface area contributed by atoms with Crippen LogP contribution >= 0.6 is 0 Å². The topological polar surface area (TPSA) is 54.0 Å². The molecule has 3 rings (SSSR count). The quantitative estimate of drug-likeness (QED) is 0.744. The molecule has 2 N–H and O–H groups in total. The van der Waals surface area contributed by atoms with Gasteiger partial charge in [-0.2, -0.15) is 0 Å². The molecule has 0 aliphatic rings. The Kier molecular flexibility index (Phi) is 4.81. The third-order valence-corrected chi connectivity index (χ3v) is 3.42. The van der Waals surface area contributed by atoms with Crippen molar-refractivity contribution in [1.29, 1.82) is 0 Å². The van der Waals surface area contributed by atoms with Crippen LogP contribution in [0.2, 0.25) is 0 Å². The fourth-order valence-electron chi connectivity index (χ4n) is 2.19. The number of carbonyl (C=O) groups excluding carboxylic acids is 1. The molecule has 5 heteroatoms. The predicted octanol–water partition coefficient (Wildman–Crippen LogP) is 4.09. The first-order valence-corrected chi connectivity index (χ1v) is 7.51. The molecule has 2 aromatic carbocycles. The number of nitrogens with one attached hydrogen (secondary N) is 2. The van der Waals surface area contributed by atoms with Crippen molar-refractivity contribution in [3.05, 3.63) is 89.9 Å². The summed E-state index contributed by atoms with van der Waals surface area (Å²) in [6.45, 7) is 0.669. The van der Waals surface area contributed by atoms with Crippen LogP contribution in [0.25, 0.3) is 0 Å². The van der Waals surface area contributed by atoms with E-state index < -0.39 is 5.82 Å². The van der Waals surface area contributed by atoms with Crippen LogP contribution in [0.4, 0.5) is 15.9 Å². The maximum atomic E-state index is 13.1. The van der Waals surface area contributed by atoms with Gasteiger partial charge in [-0.05, 0) is 35.9 Å². The fourth-order valence-corrected chi connectivity index (χ4v) is 2.19. The summed E-state index contributed by atoms with van der Waals surface area (Å²) in [5.41, 5.74) is 1.97. The van der Waals surface area contributed by atoms with Crippen molar-refractivity contribution in [3.63, 3.8) is 0 Å². The molecule has 4 nitrogen and oxygen atoms in total. The molecule has 120 valence electrons. The fraction of sp³-hybridized carbons (Fsp3) is 0.0526. The van der Waals surface area contributed by atoms with Crippen LogP contribution in [0.3, 0.4) is 0 Å². The summed E-state index contributed by atoms with van der Waals surface area (Å²) in [6.07, 6.45) is 1.56. The highest BCUT2D eigenvalue weighted by Gasteiger charge is 2.07. The summed E-state index contributed by atoms with van der Waals surface area (Å²) in [7, 11) is 0. The Labute approximate surface area is 139 Å². The van der Waals surface area contributed by atoms with Crippen molar-refractivity contribution >= 4 is 17.4 Å². The summed E-state index contributed by atoms with van der Waals surface area (Å²) in [4.78, 5) is 16.3. The standard InChI is InChI=1S/C19H16FN3O/c20-16-8-4-7-15(11-16)19(24)23-17-9-10-18(22-13-17)21-12-14-5-2-1-3-6-14/h1-11,13H,12H2,(H,21,22)(H,23,24). The Morgan fingerprint density at radius 3 is 2.54 bits per heavy atom. The Morgan fingerprint density at radius 2 is 1.83 bits per heavy atom. The van der Waals surface area contributed by atoms with Gasteiger partial charge in [-0.3, -0.25) is 4.79 Å². The molecule has 1 heterocycles. The normalized spacial score (nSPS) is 10.2. The summed E-state index contributed by atoms with van der Waals surface area (Å²) >= 11 is 0. The molecular weight excluding hydrogens is 305 g/mol. The summed E-state index contributed by atoms with van der Waals surface area (Å²) in [5, 5.41) is 5.90. The first kappa shape index (κ1) is 15.7. The van der Waals surface area contributed by atoms with E-state index in [2.05, 4.69) is 15.6 Å². The zero-order valence-corrected chi connectivity index (χ0v) is 12.9. The predicted molar refractivity (Wildman–Crippen MR) is 92.4 cm³/mol. The van der Waals surface area contributed by atoms with Gasteiger partial charge in [0.05, 0.1) is 11.9 Å². The average Bonchev–Trinajstić information content (AvgIpc) is 2.62. The van der Waals surface area contributed by atoms with Crippen LogP contribution in [0.5, 0.6) is 0 Å². The number of rotatable bonds is 5. The van der Waals surface area contributed by atoms with Gasteiger partial charge in [0.25, 0.3) is 5.91 Å². The number of hydrogen-bond donors (Lipinski definition) is 2. The van der Waals surface area contributed by atoms with Crippen molar-refractivity contribution in [2.75, 3.05) is 10.6 Å². The monoisotopic (exact) mass is 321 g/mol. The SMILES string of the molecule is O=C(Nc1ccc(NCc2ccccc2)nc1)c1cccc(F)c1. The molecule has 0 saturated heterocycles. The number of pyridine rings is 1. The lowest BCUT2D eigenvalue weighted by Gasteiger charge is -2.08. The zero-order chi connectivity index (χ0) is 16.8. The minimum atomic E-state index is -0.443. The van der Waals surface area contributed by atoms with Gasteiger partial charge in [0, 0.05) is 12.1 Å². The van der Waals surface area contributed by atoms with Crippen molar-refractivity contribution in [1.82, 2.24) is 4.98 Å². The van der Waals surface area contributed by atoms with Crippen molar-refractivity contribution < 1.29 is 9.18 Å². The van der Waals surface area contributed by atoms with Gasteiger partial charge < -0.3 is 10.6 Å². The largest absolute Gasteiger partial charge is 0.366 e. The molecule has 0 bridgehead atoms. The van der Waals surface area contributed by atoms with Crippen LogP contribution in [0.1, 0.15) is 15.9 Å². The van der Waals surface area contributed by atoms with E-state index in [0.29, 0.717) is 18.1 Å². The van der Waals surface area contributed by atoms with Gasteiger partial charge in [0.1, 0.15) is 11.6 Å². The maximum absolute atomic E-state index is 13.1. The van der Waals surface area contributed by atoms with E-state index in [1.165, 1.54) is 18.2 Å². The molecule has 0 aliphatic heterocycles. The highest BCUT2D eigenvalue weighted by atomic mass is 19.1.